The Balaban J connectivity index is 2.95. The lowest BCUT2D eigenvalue weighted by molar-refractivity contribution is 0.235. The summed E-state index contributed by atoms with van der Waals surface area (Å²) < 4.78 is 41.5. The molecule has 0 saturated carbocycles. The van der Waals surface area contributed by atoms with Gasteiger partial charge in [-0.15, -0.1) is 4.39 Å². The summed E-state index contributed by atoms with van der Waals surface area (Å²) >= 11 is 0. The number of amides is 1. The number of hydrogen-bond donors (Lipinski definition) is 2. The highest BCUT2D eigenvalue weighted by Gasteiger charge is 2.08. The fourth-order valence-corrected chi connectivity index (χ4v) is 1.30. The first-order valence-corrected chi connectivity index (χ1v) is 4.87. The summed E-state index contributed by atoms with van der Waals surface area (Å²) in [4.78, 5) is 9.62. The van der Waals surface area contributed by atoms with Crippen LogP contribution in [-0.2, 0) is 10.1 Å². The first kappa shape index (κ1) is 10.6. The molecule has 5 nitrogen and oxygen atoms in total. The minimum absolute atomic E-state index is 0.102. The second-order valence-corrected chi connectivity index (χ2v) is 3.82. The van der Waals surface area contributed by atoms with Crippen LogP contribution in [0.1, 0.15) is 0 Å². The Morgan fingerprint density at radius 2 is 1.79 bits per heavy atom. The molecule has 0 aliphatic carbocycles. The molecule has 0 aromatic heterocycles. The van der Waals surface area contributed by atoms with Crippen molar-refractivity contribution in [1.29, 1.82) is 0 Å². The van der Waals surface area contributed by atoms with Crippen LogP contribution in [0.5, 0.6) is 0 Å². The lowest BCUT2D eigenvalue weighted by atomic mass is 10.3. The smallest absolute Gasteiger partial charge is 0.298 e. The average Bonchev–Trinajstić information content (AvgIpc) is 2.02. The van der Waals surface area contributed by atoms with Crippen molar-refractivity contribution in [2.24, 2.45) is 0 Å². The molecule has 0 aliphatic heterocycles. The molecule has 14 heavy (non-hydrogen) atoms. The van der Waals surface area contributed by atoms with Gasteiger partial charge in [-0.25, -0.2) is 4.79 Å². The standard InChI is InChI=1S/C7H6FNO4S/c8-7(10)9-5-1-3-6(4-2-5)14(11,12)13/h1-4H,(H,9,10)(H,11,12,13). The largest absolute Gasteiger partial charge is 0.401 e. The Morgan fingerprint density at radius 3 is 2.14 bits per heavy atom. The number of hydrogen-bond acceptors (Lipinski definition) is 3. The maximum Gasteiger partial charge on any atom is 0.401 e. The monoisotopic (exact) mass is 219 g/mol. The quantitative estimate of drug-likeness (QED) is 0.447. The lowest BCUT2D eigenvalue weighted by Gasteiger charge is -2.00. The van der Waals surface area contributed by atoms with E-state index in [1.807, 2.05) is 0 Å². The molecule has 0 bridgehead atoms. The van der Waals surface area contributed by atoms with Crippen molar-refractivity contribution < 1.29 is 22.2 Å². The Hall–Kier alpha value is -1.47. The number of benzene rings is 1. The Kier molecular flexibility index (Phi) is 2.82. The third-order valence-electron chi connectivity index (χ3n) is 1.39. The van der Waals surface area contributed by atoms with Gasteiger partial charge < -0.3 is 0 Å². The maximum absolute atomic E-state index is 11.8. The SMILES string of the molecule is O=C(F)Nc1ccc(S(=O)(=O)O)cc1. The van der Waals surface area contributed by atoms with Crippen LogP contribution in [-0.4, -0.2) is 19.1 Å². The average molecular weight is 219 g/mol. The predicted octanol–water partition coefficient (Wildman–Crippen LogP) is 1.43. The molecule has 0 saturated heterocycles. The van der Waals surface area contributed by atoms with Gasteiger partial charge in [0.1, 0.15) is 0 Å². The minimum atomic E-state index is -4.25. The summed E-state index contributed by atoms with van der Waals surface area (Å²) in [5.74, 6) is 0. The molecule has 1 aromatic rings. The van der Waals surface area contributed by atoms with Gasteiger partial charge in [0.25, 0.3) is 10.1 Å². The summed E-state index contributed by atoms with van der Waals surface area (Å²) in [5, 5.41) is 1.80. The number of carbonyl (C=O) groups excluding carboxylic acids is 1. The van der Waals surface area contributed by atoms with E-state index in [1.165, 1.54) is 0 Å². The van der Waals surface area contributed by atoms with Crippen LogP contribution in [0.15, 0.2) is 29.2 Å². The molecule has 1 aromatic carbocycles. The zero-order chi connectivity index (χ0) is 10.8. The van der Waals surface area contributed by atoms with Crippen molar-refractivity contribution in [3.05, 3.63) is 24.3 Å². The van der Waals surface area contributed by atoms with Crippen molar-refractivity contribution in [3.63, 3.8) is 0 Å². The van der Waals surface area contributed by atoms with Crippen molar-refractivity contribution in [2.45, 2.75) is 4.90 Å². The van der Waals surface area contributed by atoms with E-state index < -0.39 is 16.3 Å². The van der Waals surface area contributed by atoms with Gasteiger partial charge in [-0.2, -0.15) is 8.42 Å². The Bertz CT molecular complexity index is 439. The predicted molar refractivity (Wildman–Crippen MR) is 46.4 cm³/mol. The molecular weight excluding hydrogens is 213 g/mol. The molecule has 0 fully saturated rings. The zero-order valence-electron chi connectivity index (χ0n) is 6.77. The molecule has 0 radical (unpaired) electrons. The number of nitrogens with one attached hydrogen (secondary N) is 1. The van der Waals surface area contributed by atoms with Crippen LogP contribution < -0.4 is 5.32 Å². The molecule has 0 heterocycles. The number of anilines is 1. The normalized spacial score (nSPS) is 11.0. The van der Waals surface area contributed by atoms with Crippen LogP contribution in [0.4, 0.5) is 14.9 Å². The molecule has 7 heteroatoms. The molecule has 0 unspecified atom stereocenters. The van der Waals surface area contributed by atoms with E-state index >= 15 is 0 Å². The number of rotatable bonds is 2. The summed E-state index contributed by atoms with van der Waals surface area (Å²) in [6.45, 7) is 0. The van der Waals surface area contributed by atoms with Gasteiger partial charge in [-0.05, 0) is 24.3 Å². The highest BCUT2D eigenvalue weighted by molar-refractivity contribution is 7.85. The van der Waals surface area contributed by atoms with Crippen LogP contribution in [0.2, 0.25) is 0 Å². The Morgan fingerprint density at radius 1 is 1.29 bits per heavy atom. The number of halogens is 1. The van der Waals surface area contributed by atoms with E-state index in [-0.39, 0.29) is 10.6 Å². The van der Waals surface area contributed by atoms with E-state index in [4.69, 9.17) is 4.55 Å². The second-order valence-electron chi connectivity index (χ2n) is 2.40. The molecule has 1 rings (SSSR count). The van der Waals surface area contributed by atoms with Crippen molar-refractivity contribution >= 4 is 22.0 Å². The van der Waals surface area contributed by atoms with Crippen molar-refractivity contribution in [3.8, 4) is 0 Å². The summed E-state index contributed by atoms with van der Waals surface area (Å²) in [6, 6.07) is 4.39. The van der Waals surface area contributed by atoms with E-state index in [2.05, 4.69) is 0 Å². The lowest BCUT2D eigenvalue weighted by Crippen LogP contribution is -2.03. The zero-order valence-corrected chi connectivity index (χ0v) is 7.58. The van der Waals surface area contributed by atoms with Crippen LogP contribution in [0.25, 0.3) is 0 Å². The highest BCUT2D eigenvalue weighted by atomic mass is 32.2. The third-order valence-corrected chi connectivity index (χ3v) is 2.26. The van der Waals surface area contributed by atoms with Gasteiger partial charge in [0.15, 0.2) is 0 Å². The molecule has 0 atom stereocenters. The topological polar surface area (TPSA) is 83.5 Å². The van der Waals surface area contributed by atoms with Crippen LogP contribution in [0.3, 0.4) is 0 Å². The maximum atomic E-state index is 11.8. The van der Waals surface area contributed by atoms with Gasteiger partial charge in [0, 0.05) is 5.69 Å². The van der Waals surface area contributed by atoms with Gasteiger partial charge in [0.05, 0.1) is 4.90 Å². The summed E-state index contributed by atoms with van der Waals surface area (Å²) in [7, 11) is -4.25. The fraction of sp³-hybridized carbons (Fsp3) is 0. The van der Waals surface area contributed by atoms with Gasteiger partial charge >= 0.3 is 6.16 Å². The van der Waals surface area contributed by atoms with Crippen LogP contribution >= 0.6 is 0 Å². The van der Waals surface area contributed by atoms with Gasteiger partial charge in [-0.3, -0.25) is 9.87 Å². The first-order valence-electron chi connectivity index (χ1n) is 3.43. The second kappa shape index (κ2) is 3.72. The first-order chi connectivity index (χ1) is 6.39. The van der Waals surface area contributed by atoms with Crippen LogP contribution in [0, 0.1) is 0 Å². The van der Waals surface area contributed by atoms with Crippen molar-refractivity contribution in [1.82, 2.24) is 0 Å². The molecule has 1 amide bonds. The fourth-order valence-electron chi connectivity index (χ4n) is 0.824. The summed E-state index contributed by atoms with van der Waals surface area (Å²) in [5.41, 5.74) is 0.102. The molecule has 0 aliphatic rings. The van der Waals surface area contributed by atoms with E-state index in [9.17, 15) is 17.6 Å². The molecule has 0 spiro atoms. The summed E-state index contributed by atoms with van der Waals surface area (Å²) in [6.07, 6.45) is -1.75. The molecule has 76 valence electrons. The Labute approximate surface area is 79.3 Å². The van der Waals surface area contributed by atoms with E-state index in [0.29, 0.717) is 0 Å². The molecular formula is C7H6FNO4S. The van der Waals surface area contributed by atoms with E-state index in [1.54, 1.807) is 5.32 Å². The van der Waals surface area contributed by atoms with Gasteiger partial charge in [0.2, 0.25) is 0 Å². The number of carbonyl (C=O) groups is 1. The third kappa shape index (κ3) is 2.79. The van der Waals surface area contributed by atoms with Gasteiger partial charge in [-0.1, -0.05) is 0 Å². The van der Waals surface area contributed by atoms with Crippen molar-refractivity contribution in [2.75, 3.05) is 5.32 Å². The highest BCUT2D eigenvalue weighted by Crippen LogP contribution is 2.13. The van der Waals surface area contributed by atoms with E-state index in [0.717, 1.165) is 24.3 Å². The molecule has 2 N–H and O–H groups in total. The minimum Gasteiger partial charge on any atom is -0.298 e.